The second kappa shape index (κ2) is 12.9. The minimum absolute atomic E-state index is 0.0521. The zero-order chi connectivity index (χ0) is 32.4. The Bertz CT molecular complexity index is 1840. The van der Waals surface area contributed by atoms with Gasteiger partial charge in [-0.15, -0.1) is 6.42 Å². The molecule has 3 heterocycles. The highest BCUT2D eigenvalue weighted by Gasteiger charge is 2.52. The Balaban J connectivity index is 1.29. The summed E-state index contributed by atoms with van der Waals surface area (Å²) < 4.78 is 0.912. The number of nitrogen functional groups attached to an aromatic ring is 1. The van der Waals surface area contributed by atoms with E-state index in [9.17, 15) is 19.2 Å². The summed E-state index contributed by atoms with van der Waals surface area (Å²) in [6, 6.07) is 20.5. The number of nitrogens with two attached hydrogens (primary N) is 1. The number of nitrogens with one attached hydrogen (secondary N) is 2. The number of aromatic nitrogens is 1. The van der Waals surface area contributed by atoms with Gasteiger partial charge in [0, 0.05) is 31.3 Å². The number of urea groups is 1. The molecule has 13 heteroatoms. The van der Waals surface area contributed by atoms with Gasteiger partial charge in [0.25, 0.3) is 5.91 Å². The number of nitrogens with zero attached hydrogens (tertiary/aromatic N) is 5. The number of rotatable bonds is 8. The molecule has 234 valence electrons. The highest BCUT2D eigenvalue weighted by atomic mass is 32.1. The molecule has 2 saturated heterocycles. The first kappa shape index (κ1) is 30.6. The van der Waals surface area contributed by atoms with E-state index in [-0.39, 0.29) is 50.3 Å². The van der Waals surface area contributed by atoms with Crippen molar-refractivity contribution in [2.75, 3.05) is 37.7 Å². The molecule has 4 N–H and O–H groups in total. The van der Waals surface area contributed by atoms with Gasteiger partial charge in [0.1, 0.15) is 12.2 Å². The van der Waals surface area contributed by atoms with Crippen molar-refractivity contribution in [2.24, 2.45) is 0 Å². The van der Waals surface area contributed by atoms with E-state index in [4.69, 9.17) is 12.2 Å². The van der Waals surface area contributed by atoms with Crippen molar-refractivity contribution in [3.63, 3.8) is 0 Å². The fourth-order valence-electron chi connectivity index (χ4n) is 5.98. The van der Waals surface area contributed by atoms with Crippen LogP contribution in [0.2, 0.25) is 0 Å². The van der Waals surface area contributed by atoms with Gasteiger partial charge in [-0.05, 0) is 41.5 Å². The third-order valence-electron chi connectivity index (χ3n) is 8.12. The second-order valence-electron chi connectivity index (χ2n) is 11.0. The number of hydrogen-bond acceptors (Lipinski definition) is 8. The SMILES string of the molecule is C#CCN(C(=O)NC)N1CC(=O)N2[C@@H](Cc3ccc(NC(=O)c4ccccc4)cc3)C(=O)N(Cc3cccc4sc(N)nc34)C[C@@H]21. The molecule has 4 aromatic rings. The Labute approximate surface area is 269 Å². The molecule has 0 spiro atoms. The van der Waals surface area contributed by atoms with Crippen LogP contribution in [-0.4, -0.2) is 87.4 Å². The van der Waals surface area contributed by atoms with Crippen molar-refractivity contribution in [3.05, 3.63) is 89.5 Å². The number of amides is 5. The minimum Gasteiger partial charge on any atom is -0.375 e. The van der Waals surface area contributed by atoms with Crippen molar-refractivity contribution < 1.29 is 19.2 Å². The number of terminal acetylenes is 1. The minimum atomic E-state index is -0.849. The van der Waals surface area contributed by atoms with Crippen LogP contribution in [0.25, 0.3) is 10.2 Å². The number of carbonyl (C=O) groups excluding carboxylic acids is 4. The molecular weight excluding hydrogens is 604 g/mol. The lowest BCUT2D eigenvalue weighted by atomic mass is 9.99. The number of anilines is 2. The molecule has 2 aliphatic heterocycles. The van der Waals surface area contributed by atoms with Crippen molar-refractivity contribution in [1.29, 1.82) is 0 Å². The van der Waals surface area contributed by atoms with E-state index in [1.807, 2.05) is 36.4 Å². The maximum absolute atomic E-state index is 14.2. The Morgan fingerprint density at radius 3 is 2.57 bits per heavy atom. The molecule has 46 heavy (non-hydrogen) atoms. The molecule has 0 bridgehead atoms. The van der Waals surface area contributed by atoms with Gasteiger partial charge in [-0.1, -0.05) is 59.7 Å². The van der Waals surface area contributed by atoms with E-state index in [0.29, 0.717) is 16.4 Å². The molecular formula is C33H32N8O4S. The highest BCUT2D eigenvalue weighted by molar-refractivity contribution is 7.22. The Morgan fingerprint density at radius 1 is 1.09 bits per heavy atom. The molecule has 12 nitrogen and oxygen atoms in total. The van der Waals surface area contributed by atoms with Crippen molar-refractivity contribution >= 4 is 56.1 Å². The van der Waals surface area contributed by atoms with Crippen LogP contribution in [0.4, 0.5) is 15.6 Å². The van der Waals surface area contributed by atoms with Crippen LogP contribution in [0.1, 0.15) is 21.5 Å². The summed E-state index contributed by atoms with van der Waals surface area (Å²) in [7, 11) is 1.49. The van der Waals surface area contributed by atoms with E-state index in [0.717, 1.165) is 21.3 Å². The highest BCUT2D eigenvalue weighted by Crippen LogP contribution is 2.32. The maximum atomic E-state index is 14.2. The average Bonchev–Trinajstić information content (AvgIpc) is 3.61. The number of thiazole rings is 1. The smallest absolute Gasteiger partial charge is 0.332 e. The van der Waals surface area contributed by atoms with Crippen LogP contribution in [0.15, 0.2) is 72.8 Å². The summed E-state index contributed by atoms with van der Waals surface area (Å²) in [6.07, 6.45) is 5.19. The maximum Gasteiger partial charge on any atom is 0.332 e. The molecule has 1 aromatic heterocycles. The van der Waals surface area contributed by atoms with Crippen LogP contribution in [0.5, 0.6) is 0 Å². The van der Waals surface area contributed by atoms with E-state index in [1.165, 1.54) is 23.4 Å². The molecule has 0 radical (unpaired) electrons. The molecule has 3 aromatic carbocycles. The quantitative estimate of drug-likeness (QED) is 0.252. The molecule has 6 rings (SSSR count). The number of fused-ring (bicyclic) bond motifs is 2. The van der Waals surface area contributed by atoms with Crippen LogP contribution in [0.3, 0.4) is 0 Å². The Kier molecular flexibility index (Phi) is 8.56. The standard InChI is InChI=1S/C33H32N8O4S/c1-3-16-39(33(45)35-2)40-20-28(42)41-25(17-21-12-14-24(15-13-21)36-30(43)22-8-5-4-6-9-22)31(44)38(19-27(40)41)18-23-10-7-11-26-29(23)37-32(34)46-26/h1,4-15,25,27H,16-20H2,2H3,(H2,34,37)(H,35,45)(H,36,43)/t25-,27+/m0/s1. The van der Waals surface area contributed by atoms with Crippen LogP contribution in [0, 0.1) is 12.3 Å². The molecule has 0 saturated carbocycles. The molecule has 2 aliphatic rings. The lowest BCUT2D eigenvalue weighted by Gasteiger charge is -2.46. The largest absolute Gasteiger partial charge is 0.375 e. The van der Waals surface area contributed by atoms with Crippen molar-refractivity contribution in [3.8, 4) is 12.3 Å². The van der Waals surface area contributed by atoms with Gasteiger partial charge < -0.3 is 26.2 Å². The second-order valence-corrected chi connectivity index (χ2v) is 12.0. The number of carbonyl (C=O) groups is 4. The zero-order valence-corrected chi connectivity index (χ0v) is 25.9. The Morgan fingerprint density at radius 2 is 1.85 bits per heavy atom. The monoisotopic (exact) mass is 636 g/mol. The molecule has 0 aliphatic carbocycles. The van der Waals surface area contributed by atoms with Gasteiger partial charge in [-0.25, -0.2) is 14.8 Å². The summed E-state index contributed by atoms with van der Waals surface area (Å²) in [5, 5.41) is 8.87. The van der Waals surface area contributed by atoms with Crippen molar-refractivity contribution in [1.82, 2.24) is 30.1 Å². The van der Waals surface area contributed by atoms with Gasteiger partial charge in [-0.2, -0.15) is 5.01 Å². The van der Waals surface area contributed by atoms with Crippen LogP contribution >= 0.6 is 11.3 Å². The van der Waals surface area contributed by atoms with Gasteiger partial charge in [0.15, 0.2) is 5.13 Å². The average molecular weight is 637 g/mol. The van der Waals surface area contributed by atoms with E-state index in [1.54, 1.807) is 51.2 Å². The van der Waals surface area contributed by atoms with Crippen LogP contribution in [-0.2, 0) is 22.6 Å². The van der Waals surface area contributed by atoms with Crippen LogP contribution < -0.4 is 16.4 Å². The van der Waals surface area contributed by atoms with E-state index in [2.05, 4.69) is 21.5 Å². The number of para-hydroxylation sites is 1. The van der Waals surface area contributed by atoms with Gasteiger partial charge in [0.2, 0.25) is 11.8 Å². The predicted molar refractivity (Wildman–Crippen MR) is 175 cm³/mol. The summed E-state index contributed by atoms with van der Waals surface area (Å²) in [4.78, 5) is 61.0. The number of hydrogen-bond donors (Lipinski definition) is 3. The Hall–Kier alpha value is -5.45. The lowest BCUT2D eigenvalue weighted by Crippen LogP contribution is -2.66. The first-order valence-electron chi connectivity index (χ1n) is 14.7. The number of benzene rings is 3. The third kappa shape index (κ3) is 5.95. The first-order valence-corrected chi connectivity index (χ1v) is 15.5. The lowest BCUT2D eigenvalue weighted by molar-refractivity contribution is -0.157. The van der Waals surface area contributed by atoms with Gasteiger partial charge >= 0.3 is 6.03 Å². The number of piperazine rings is 1. The number of hydrazine groups is 1. The van der Waals surface area contributed by atoms with E-state index >= 15 is 0 Å². The summed E-state index contributed by atoms with van der Waals surface area (Å²) in [5.74, 6) is 1.75. The first-order chi connectivity index (χ1) is 22.3. The zero-order valence-electron chi connectivity index (χ0n) is 25.1. The molecule has 0 unspecified atom stereocenters. The molecule has 2 fully saturated rings. The summed E-state index contributed by atoms with van der Waals surface area (Å²) in [5.41, 5.74) is 9.48. The van der Waals surface area contributed by atoms with Crippen molar-refractivity contribution in [2.45, 2.75) is 25.2 Å². The predicted octanol–water partition coefficient (Wildman–Crippen LogP) is 2.74. The fourth-order valence-corrected chi connectivity index (χ4v) is 6.76. The van der Waals surface area contributed by atoms with Gasteiger partial charge in [-0.3, -0.25) is 14.4 Å². The molecule has 5 amide bonds. The van der Waals surface area contributed by atoms with Gasteiger partial charge in [0.05, 0.1) is 29.9 Å². The molecule has 2 atom stereocenters. The third-order valence-corrected chi connectivity index (χ3v) is 8.97. The fraction of sp³-hybridized carbons (Fsp3) is 0.242. The van der Waals surface area contributed by atoms with E-state index < -0.39 is 18.2 Å². The normalized spacial score (nSPS) is 17.9. The summed E-state index contributed by atoms with van der Waals surface area (Å²) >= 11 is 1.37. The topological polar surface area (TPSA) is 144 Å². The summed E-state index contributed by atoms with van der Waals surface area (Å²) in [6.45, 7) is 0.227.